The van der Waals surface area contributed by atoms with Crippen molar-refractivity contribution in [1.82, 2.24) is 0 Å². The van der Waals surface area contributed by atoms with Gasteiger partial charge < -0.3 is 9.69 Å². The van der Waals surface area contributed by atoms with Gasteiger partial charge in [0.2, 0.25) is 0 Å². The highest BCUT2D eigenvalue weighted by Crippen LogP contribution is 2.25. The number of hydrogen-bond acceptors (Lipinski definition) is 2. The van der Waals surface area contributed by atoms with Crippen LogP contribution < -0.4 is 4.90 Å². The Morgan fingerprint density at radius 1 is 1.27 bits per heavy atom. The molecule has 0 N–H and O–H groups in total. The molecule has 1 aromatic rings. The summed E-state index contributed by atoms with van der Waals surface area (Å²) in [6.45, 7) is 0.963. The molecule has 0 aromatic heterocycles. The lowest BCUT2D eigenvalue weighted by Crippen LogP contribution is -2.40. The average Bonchev–Trinajstić information content (AvgIpc) is 2.30. The largest absolute Gasteiger partial charge is 0.362 e. The zero-order valence-electron chi connectivity index (χ0n) is 8.53. The van der Waals surface area contributed by atoms with E-state index in [0.717, 1.165) is 42.8 Å². The number of rotatable bonds is 2. The van der Waals surface area contributed by atoms with Gasteiger partial charge in [-0.15, -0.1) is 0 Å². The summed E-state index contributed by atoms with van der Waals surface area (Å²) >= 11 is 5.83. The molecule has 80 valence electrons. The van der Waals surface area contributed by atoms with Crippen molar-refractivity contribution in [2.75, 3.05) is 11.4 Å². The minimum atomic E-state index is 0.0416. The van der Waals surface area contributed by atoms with Crippen molar-refractivity contribution in [3.63, 3.8) is 0 Å². The van der Waals surface area contributed by atoms with Gasteiger partial charge in [-0.05, 0) is 43.5 Å². The van der Waals surface area contributed by atoms with E-state index in [4.69, 9.17) is 11.6 Å². The fourth-order valence-corrected chi connectivity index (χ4v) is 2.18. The van der Waals surface area contributed by atoms with Crippen LogP contribution in [0.25, 0.3) is 0 Å². The second-order valence-corrected chi connectivity index (χ2v) is 4.31. The number of anilines is 1. The first-order valence-corrected chi connectivity index (χ1v) is 5.66. The molecule has 0 amide bonds. The third kappa shape index (κ3) is 2.32. The number of benzene rings is 1. The summed E-state index contributed by atoms with van der Waals surface area (Å²) < 4.78 is 0. The van der Waals surface area contributed by atoms with Crippen molar-refractivity contribution in [1.29, 1.82) is 0 Å². The van der Waals surface area contributed by atoms with E-state index in [9.17, 15) is 4.79 Å². The average molecular weight is 224 g/mol. The van der Waals surface area contributed by atoms with Crippen LogP contribution in [0.1, 0.15) is 19.3 Å². The lowest BCUT2D eigenvalue weighted by atomic mass is 10.0. The van der Waals surface area contributed by atoms with Gasteiger partial charge in [0.25, 0.3) is 0 Å². The van der Waals surface area contributed by atoms with E-state index in [-0.39, 0.29) is 6.04 Å². The fourth-order valence-electron chi connectivity index (χ4n) is 2.05. The van der Waals surface area contributed by atoms with Crippen molar-refractivity contribution in [3.05, 3.63) is 29.3 Å². The Bertz CT molecular complexity index is 336. The molecule has 1 heterocycles. The first-order valence-electron chi connectivity index (χ1n) is 5.29. The zero-order valence-corrected chi connectivity index (χ0v) is 9.28. The summed E-state index contributed by atoms with van der Waals surface area (Å²) in [6, 6.07) is 7.73. The molecule has 1 aromatic carbocycles. The summed E-state index contributed by atoms with van der Waals surface area (Å²) in [5, 5.41) is 0.735. The number of nitrogens with zero attached hydrogens (tertiary/aromatic N) is 1. The third-order valence-corrected chi connectivity index (χ3v) is 3.12. The number of piperidine rings is 1. The van der Waals surface area contributed by atoms with Crippen LogP contribution in [0.2, 0.25) is 5.02 Å². The van der Waals surface area contributed by atoms with Gasteiger partial charge in [0.1, 0.15) is 6.29 Å². The predicted octanol–water partition coefficient (Wildman–Crippen LogP) is 2.90. The topological polar surface area (TPSA) is 20.3 Å². The first kappa shape index (κ1) is 10.5. The molecule has 1 aliphatic rings. The Kier molecular flexibility index (Phi) is 3.27. The van der Waals surface area contributed by atoms with Crippen LogP contribution in [0, 0.1) is 0 Å². The number of carbonyl (C=O) groups excluding carboxylic acids is 1. The summed E-state index contributed by atoms with van der Waals surface area (Å²) in [5.41, 5.74) is 1.09. The Labute approximate surface area is 94.8 Å². The molecular weight excluding hydrogens is 210 g/mol. The number of aldehydes is 1. The van der Waals surface area contributed by atoms with Crippen LogP contribution in [-0.4, -0.2) is 18.9 Å². The van der Waals surface area contributed by atoms with Crippen molar-refractivity contribution < 1.29 is 4.79 Å². The highest BCUT2D eigenvalue weighted by molar-refractivity contribution is 6.30. The van der Waals surface area contributed by atoms with E-state index >= 15 is 0 Å². The van der Waals surface area contributed by atoms with E-state index in [1.807, 2.05) is 24.3 Å². The van der Waals surface area contributed by atoms with E-state index < -0.39 is 0 Å². The highest BCUT2D eigenvalue weighted by Gasteiger charge is 2.21. The molecule has 0 aliphatic carbocycles. The quantitative estimate of drug-likeness (QED) is 0.719. The van der Waals surface area contributed by atoms with Crippen molar-refractivity contribution in [3.8, 4) is 0 Å². The van der Waals surface area contributed by atoms with Gasteiger partial charge in [0, 0.05) is 17.3 Å². The summed E-state index contributed by atoms with van der Waals surface area (Å²) in [5.74, 6) is 0. The van der Waals surface area contributed by atoms with E-state index in [1.54, 1.807) is 0 Å². The van der Waals surface area contributed by atoms with Crippen LogP contribution in [0.4, 0.5) is 5.69 Å². The lowest BCUT2D eigenvalue weighted by Gasteiger charge is -2.34. The molecule has 0 saturated carbocycles. The minimum absolute atomic E-state index is 0.0416. The molecule has 15 heavy (non-hydrogen) atoms. The number of halogens is 1. The van der Waals surface area contributed by atoms with Gasteiger partial charge in [-0.1, -0.05) is 11.6 Å². The zero-order chi connectivity index (χ0) is 10.7. The lowest BCUT2D eigenvalue weighted by molar-refractivity contribution is -0.109. The SMILES string of the molecule is O=CC1CCCCN1c1ccc(Cl)cc1. The molecule has 2 rings (SSSR count). The highest BCUT2D eigenvalue weighted by atomic mass is 35.5. The molecular formula is C12H14ClNO. The molecule has 3 heteroatoms. The molecule has 0 radical (unpaired) electrons. The van der Waals surface area contributed by atoms with Crippen LogP contribution in [0.15, 0.2) is 24.3 Å². The van der Waals surface area contributed by atoms with Crippen LogP contribution in [0.3, 0.4) is 0 Å². The summed E-state index contributed by atoms with van der Waals surface area (Å²) in [6.07, 6.45) is 4.32. The van der Waals surface area contributed by atoms with E-state index in [0.29, 0.717) is 0 Å². The summed E-state index contributed by atoms with van der Waals surface area (Å²) in [4.78, 5) is 13.1. The Balaban J connectivity index is 2.20. The predicted molar refractivity (Wildman–Crippen MR) is 62.5 cm³/mol. The summed E-state index contributed by atoms with van der Waals surface area (Å²) in [7, 11) is 0. The second-order valence-electron chi connectivity index (χ2n) is 3.87. The number of carbonyl (C=O) groups is 1. The first-order chi connectivity index (χ1) is 7.31. The smallest absolute Gasteiger partial charge is 0.142 e. The second kappa shape index (κ2) is 4.67. The van der Waals surface area contributed by atoms with Crippen molar-refractivity contribution in [2.24, 2.45) is 0 Å². The van der Waals surface area contributed by atoms with E-state index in [1.165, 1.54) is 0 Å². The normalized spacial score (nSPS) is 21.4. The van der Waals surface area contributed by atoms with Crippen molar-refractivity contribution >= 4 is 23.6 Å². The number of hydrogen-bond donors (Lipinski definition) is 0. The Hall–Kier alpha value is -1.02. The van der Waals surface area contributed by atoms with Crippen LogP contribution in [0.5, 0.6) is 0 Å². The maximum atomic E-state index is 10.9. The van der Waals surface area contributed by atoms with Crippen molar-refractivity contribution in [2.45, 2.75) is 25.3 Å². The minimum Gasteiger partial charge on any atom is -0.362 e. The van der Waals surface area contributed by atoms with Gasteiger partial charge in [-0.2, -0.15) is 0 Å². The molecule has 1 fully saturated rings. The monoisotopic (exact) mass is 223 g/mol. The molecule has 1 unspecified atom stereocenters. The maximum absolute atomic E-state index is 10.9. The molecule has 1 saturated heterocycles. The Morgan fingerprint density at radius 3 is 2.67 bits per heavy atom. The standard InChI is InChI=1S/C12H14ClNO/c13-10-4-6-11(7-5-10)14-8-2-1-3-12(14)9-15/h4-7,9,12H,1-3,8H2. The van der Waals surface area contributed by atoms with Gasteiger partial charge in [0.05, 0.1) is 6.04 Å². The van der Waals surface area contributed by atoms with Crippen LogP contribution in [-0.2, 0) is 4.79 Å². The molecule has 0 bridgehead atoms. The third-order valence-electron chi connectivity index (χ3n) is 2.86. The molecule has 1 atom stereocenters. The maximum Gasteiger partial charge on any atom is 0.142 e. The van der Waals surface area contributed by atoms with Gasteiger partial charge in [-0.25, -0.2) is 0 Å². The molecule has 1 aliphatic heterocycles. The van der Waals surface area contributed by atoms with Gasteiger partial charge in [-0.3, -0.25) is 0 Å². The van der Waals surface area contributed by atoms with E-state index in [2.05, 4.69) is 4.90 Å². The van der Waals surface area contributed by atoms with Crippen LogP contribution >= 0.6 is 11.6 Å². The molecule has 2 nitrogen and oxygen atoms in total. The fraction of sp³-hybridized carbons (Fsp3) is 0.417. The van der Waals surface area contributed by atoms with Gasteiger partial charge >= 0.3 is 0 Å². The molecule has 0 spiro atoms. The van der Waals surface area contributed by atoms with Gasteiger partial charge in [0.15, 0.2) is 0 Å². The Morgan fingerprint density at radius 2 is 2.00 bits per heavy atom.